The monoisotopic (exact) mass is 392 g/mol. The number of aromatic amines is 1. The molecule has 118 valence electrons. The number of hydrogen-bond acceptors (Lipinski definition) is 3. The molecule has 0 spiro atoms. The van der Waals surface area contributed by atoms with Gasteiger partial charge in [0.15, 0.2) is 9.84 Å². The molecule has 0 aliphatic carbocycles. The number of carbonyl (C=O) groups is 1. The summed E-state index contributed by atoms with van der Waals surface area (Å²) in [5.41, 5.74) is 1.68. The molecule has 2 N–H and O–H groups in total. The highest BCUT2D eigenvalue weighted by Crippen LogP contribution is 2.21. The Bertz CT molecular complexity index is 1010. The normalized spacial score (nSPS) is 11.6. The molecule has 2 aromatic carbocycles. The fourth-order valence-corrected chi connectivity index (χ4v) is 3.25. The summed E-state index contributed by atoms with van der Waals surface area (Å²) in [6, 6.07) is 13.6. The second-order valence-electron chi connectivity index (χ2n) is 5.17. The molecule has 0 saturated heterocycles. The highest BCUT2D eigenvalue weighted by molar-refractivity contribution is 9.10. The molecular formula is C16H13BrN2O3S. The maximum atomic E-state index is 12.3. The van der Waals surface area contributed by atoms with Crippen molar-refractivity contribution < 1.29 is 13.2 Å². The van der Waals surface area contributed by atoms with Crippen molar-refractivity contribution in [3.63, 3.8) is 0 Å². The van der Waals surface area contributed by atoms with Gasteiger partial charge in [-0.05, 0) is 36.4 Å². The number of H-pyrrole nitrogens is 1. The minimum atomic E-state index is -3.32. The topological polar surface area (TPSA) is 79.0 Å². The molecule has 23 heavy (non-hydrogen) atoms. The highest BCUT2D eigenvalue weighted by Gasteiger charge is 2.12. The van der Waals surface area contributed by atoms with Gasteiger partial charge in [-0.1, -0.05) is 28.1 Å². The number of fused-ring (bicyclic) bond motifs is 1. The van der Waals surface area contributed by atoms with E-state index >= 15 is 0 Å². The van der Waals surface area contributed by atoms with E-state index in [0.29, 0.717) is 11.4 Å². The Hall–Kier alpha value is -2.12. The van der Waals surface area contributed by atoms with Crippen LogP contribution in [0, 0.1) is 0 Å². The first-order valence-electron chi connectivity index (χ1n) is 6.73. The van der Waals surface area contributed by atoms with E-state index < -0.39 is 9.84 Å². The standard InChI is InChI=1S/C16H13BrN2O3S/c1-23(21,22)13-4-2-3-12(9-13)18-16(20)15-7-10-5-6-11(17)8-14(10)19-15/h2-9,19H,1H3,(H,18,20). The number of nitrogens with one attached hydrogen (secondary N) is 2. The summed E-state index contributed by atoms with van der Waals surface area (Å²) in [7, 11) is -3.32. The van der Waals surface area contributed by atoms with Gasteiger partial charge in [0, 0.05) is 27.3 Å². The third-order valence-corrected chi connectivity index (χ3v) is 4.95. The zero-order valence-corrected chi connectivity index (χ0v) is 14.5. The van der Waals surface area contributed by atoms with E-state index in [9.17, 15) is 13.2 Å². The van der Waals surface area contributed by atoms with Crippen molar-refractivity contribution in [2.45, 2.75) is 4.90 Å². The number of aromatic nitrogens is 1. The molecule has 0 fully saturated rings. The molecule has 0 atom stereocenters. The highest BCUT2D eigenvalue weighted by atomic mass is 79.9. The molecule has 0 aliphatic heterocycles. The summed E-state index contributed by atoms with van der Waals surface area (Å²) >= 11 is 3.38. The summed E-state index contributed by atoms with van der Waals surface area (Å²) in [4.78, 5) is 15.5. The van der Waals surface area contributed by atoms with Crippen molar-refractivity contribution in [3.8, 4) is 0 Å². The fraction of sp³-hybridized carbons (Fsp3) is 0.0625. The Morgan fingerprint density at radius 1 is 1.13 bits per heavy atom. The van der Waals surface area contributed by atoms with E-state index in [1.165, 1.54) is 12.1 Å². The van der Waals surface area contributed by atoms with Crippen LogP contribution in [-0.4, -0.2) is 25.6 Å². The molecule has 0 bridgehead atoms. The Kier molecular flexibility index (Phi) is 3.99. The number of anilines is 1. The molecule has 1 amide bonds. The molecule has 0 unspecified atom stereocenters. The zero-order valence-electron chi connectivity index (χ0n) is 12.1. The molecule has 3 aromatic rings. The van der Waals surface area contributed by atoms with Crippen molar-refractivity contribution in [2.24, 2.45) is 0 Å². The first kappa shape index (κ1) is 15.8. The van der Waals surface area contributed by atoms with Crippen molar-refractivity contribution in [3.05, 3.63) is 58.7 Å². The van der Waals surface area contributed by atoms with E-state index in [1.54, 1.807) is 18.2 Å². The summed E-state index contributed by atoms with van der Waals surface area (Å²) in [6.07, 6.45) is 1.13. The first-order valence-corrected chi connectivity index (χ1v) is 9.41. The molecule has 0 aliphatic rings. The molecule has 5 nitrogen and oxygen atoms in total. The third-order valence-electron chi connectivity index (χ3n) is 3.35. The van der Waals surface area contributed by atoms with E-state index in [2.05, 4.69) is 26.2 Å². The SMILES string of the molecule is CS(=O)(=O)c1cccc(NC(=O)c2cc3ccc(Br)cc3[nH]2)c1. The van der Waals surface area contributed by atoms with E-state index in [0.717, 1.165) is 21.6 Å². The molecule has 7 heteroatoms. The van der Waals surface area contributed by atoms with Gasteiger partial charge in [0.25, 0.3) is 5.91 Å². The first-order chi connectivity index (χ1) is 10.8. The van der Waals surface area contributed by atoms with Crippen molar-refractivity contribution in [2.75, 3.05) is 11.6 Å². The molecule has 0 saturated carbocycles. The number of benzene rings is 2. The summed E-state index contributed by atoms with van der Waals surface area (Å²) in [5, 5.41) is 3.62. The van der Waals surface area contributed by atoms with Gasteiger partial charge in [0.05, 0.1) is 4.90 Å². The lowest BCUT2D eigenvalue weighted by Crippen LogP contribution is -2.12. The van der Waals surface area contributed by atoms with Crippen LogP contribution >= 0.6 is 15.9 Å². The van der Waals surface area contributed by atoms with E-state index in [1.807, 2.05) is 18.2 Å². The average Bonchev–Trinajstić information content (AvgIpc) is 2.90. The van der Waals surface area contributed by atoms with Crippen molar-refractivity contribution in [1.29, 1.82) is 0 Å². The second kappa shape index (κ2) is 5.82. The predicted molar refractivity (Wildman–Crippen MR) is 93.5 cm³/mol. The minimum Gasteiger partial charge on any atom is -0.350 e. The largest absolute Gasteiger partial charge is 0.350 e. The minimum absolute atomic E-state index is 0.163. The van der Waals surface area contributed by atoms with Crippen LogP contribution in [0.3, 0.4) is 0 Å². The van der Waals surface area contributed by atoms with E-state index in [4.69, 9.17) is 0 Å². The van der Waals surface area contributed by atoms with Crippen LogP contribution < -0.4 is 5.32 Å². The maximum Gasteiger partial charge on any atom is 0.272 e. The number of hydrogen-bond donors (Lipinski definition) is 2. The van der Waals surface area contributed by atoms with Gasteiger partial charge in [-0.3, -0.25) is 4.79 Å². The predicted octanol–water partition coefficient (Wildman–Crippen LogP) is 3.59. The van der Waals surface area contributed by atoms with Crippen molar-refractivity contribution in [1.82, 2.24) is 4.98 Å². The lowest BCUT2D eigenvalue weighted by Gasteiger charge is -2.05. The molecule has 1 aromatic heterocycles. The van der Waals surface area contributed by atoms with Gasteiger partial charge in [0.1, 0.15) is 5.69 Å². The third kappa shape index (κ3) is 3.46. The molecule has 1 heterocycles. The lowest BCUT2D eigenvalue weighted by molar-refractivity contribution is 0.102. The zero-order chi connectivity index (χ0) is 16.6. The van der Waals surface area contributed by atoms with Gasteiger partial charge < -0.3 is 10.3 Å². The number of sulfone groups is 1. The van der Waals surface area contributed by atoms with Crippen molar-refractivity contribution >= 4 is 48.3 Å². The molecule has 3 rings (SSSR count). The molecule has 0 radical (unpaired) electrons. The van der Waals surface area contributed by atoms with Crippen LogP contribution in [0.2, 0.25) is 0 Å². The van der Waals surface area contributed by atoms with Crippen LogP contribution in [0.4, 0.5) is 5.69 Å². The van der Waals surface area contributed by atoms with Gasteiger partial charge >= 0.3 is 0 Å². The van der Waals surface area contributed by atoms with Crippen LogP contribution in [0.25, 0.3) is 10.9 Å². The number of halogens is 1. The quantitative estimate of drug-likeness (QED) is 0.714. The number of amides is 1. The van der Waals surface area contributed by atoms with Gasteiger partial charge in [-0.25, -0.2) is 8.42 Å². The van der Waals surface area contributed by atoms with Crippen LogP contribution in [0.5, 0.6) is 0 Å². The fourth-order valence-electron chi connectivity index (χ4n) is 2.22. The Labute approximate surface area is 141 Å². The maximum absolute atomic E-state index is 12.3. The number of carbonyl (C=O) groups excluding carboxylic acids is 1. The lowest BCUT2D eigenvalue weighted by atomic mass is 10.2. The average molecular weight is 393 g/mol. The van der Waals surface area contributed by atoms with Crippen LogP contribution in [0.15, 0.2) is 57.9 Å². The number of rotatable bonds is 3. The Balaban J connectivity index is 1.88. The summed E-state index contributed by atoms with van der Waals surface area (Å²) in [6.45, 7) is 0. The van der Waals surface area contributed by atoms with Gasteiger partial charge in [-0.2, -0.15) is 0 Å². The second-order valence-corrected chi connectivity index (χ2v) is 8.10. The smallest absolute Gasteiger partial charge is 0.272 e. The summed E-state index contributed by atoms with van der Waals surface area (Å²) in [5.74, 6) is -0.331. The Morgan fingerprint density at radius 3 is 2.65 bits per heavy atom. The van der Waals surface area contributed by atoms with Crippen LogP contribution in [-0.2, 0) is 9.84 Å². The summed E-state index contributed by atoms with van der Waals surface area (Å²) < 4.78 is 24.1. The molecular weight excluding hydrogens is 380 g/mol. The Morgan fingerprint density at radius 2 is 1.91 bits per heavy atom. The van der Waals surface area contributed by atoms with Gasteiger partial charge in [-0.15, -0.1) is 0 Å². The van der Waals surface area contributed by atoms with E-state index in [-0.39, 0.29) is 10.8 Å². The van der Waals surface area contributed by atoms with Crippen LogP contribution in [0.1, 0.15) is 10.5 Å². The van der Waals surface area contributed by atoms with Gasteiger partial charge in [0.2, 0.25) is 0 Å².